The standard InChI is InChI=1S/C17H27N3O/c1-3-4-5-6-15-7-9-16(10-8-15)17(21)18-20-13-11-19(2)12-14-20/h7-10H,3-6,11-14H2,1-2H3,(H,18,21). The van der Waals surface area contributed by atoms with Crippen molar-refractivity contribution in [2.45, 2.75) is 32.6 Å². The van der Waals surface area contributed by atoms with Crippen molar-refractivity contribution in [3.05, 3.63) is 35.4 Å². The van der Waals surface area contributed by atoms with Gasteiger partial charge in [-0.1, -0.05) is 31.9 Å². The predicted molar refractivity (Wildman–Crippen MR) is 86.2 cm³/mol. The van der Waals surface area contributed by atoms with Gasteiger partial charge in [-0.15, -0.1) is 0 Å². The van der Waals surface area contributed by atoms with E-state index in [0.29, 0.717) is 0 Å². The summed E-state index contributed by atoms with van der Waals surface area (Å²) in [4.78, 5) is 14.5. The zero-order valence-corrected chi connectivity index (χ0v) is 13.3. The van der Waals surface area contributed by atoms with Crippen molar-refractivity contribution in [3.8, 4) is 0 Å². The zero-order valence-electron chi connectivity index (χ0n) is 13.3. The molecule has 0 spiro atoms. The molecular formula is C17H27N3O. The number of carbonyl (C=O) groups excluding carboxylic acids is 1. The minimum atomic E-state index is -0.000314. The van der Waals surface area contributed by atoms with Crippen LogP contribution in [-0.2, 0) is 6.42 Å². The van der Waals surface area contributed by atoms with Gasteiger partial charge in [0.25, 0.3) is 5.91 Å². The largest absolute Gasteiger partial charge is 0.304 e. The number of benzene rings is 1. The highest BCUT2D eigenvalue weighted by atomic mass is 16.2. The van der Waals surface area contributed by atoms with E-state index >= 15 is 0 Å². The number of carbonyl (C=O) groups is 1. The fourth-order valence-corrected chi connectivity index (χ4v) is 2.53. The molecular weight excluding hydrogens is 262 g/mol. The molecule has 21 heavy (non-hydrogen) atoms. The highest BCUT2D eigenvalue weighted by Gasteiger charge is 2.16. The van der Waals surface area contributed by atoms with Crippen molar-refractivity contribution in [1.29, 1.82) is 0 Å². The second kappa shape index (κ2) is 8.15. The zero-order chi connectivity index (χ0) is 15.1. The van der Waals surface area contributed by atoms with Crippen LogP contribution in [-0.4, -0.2) is 49.0 Å². The number of unbranched alkanes of at least 4 members (excludes halogenated alkanes) is 2. The molecule has 0 aromatic heterocycles. The lowest BCUT2D eigenvalue weighted by Crippen LogP contribution is -2.52. The van der Waals surface area contributed by atoms with E-state index in [4.69, 9.17) is 0 Å². The first kappa shape index (κ1) is 16.0. The van der Waals surface area contributed by atoms with Gasteiger partial charge in [-0.2, -0.15) is 0 Å². The van der Waals surface area contributed by atoms with Gasteiger partial charge < -0.3 is 4.90 Å². The van der Waals surface area contributed by atoms with E-state index in [0.717, 1.165) is 38.2 Å². The summed E-state index contributed by atoms with van der Waals surface area (Å²) in [6, 6.07) is 8.03. The Hall–Kier alpha value is -1.39. The molecule has 0 aliphatic carbocycles. The van der Waals surface area contributed by atoms with Gasteiger partial charge in [0.15, 0.2) is 0 Å². The fourth-order valence-electron chi connectivity index (χ4n) is 2.53. The second-order valence-electron chi connectivity index (χ2n) is 5.89. The number of likely N-dealkylation sites (N-methyl/N-ethyl adjacent to an activating group) is 1. The molecule has 1 N–H and O–H groups in total. The van der Waals surface area contributed by atoms with Crippen LogP contribution in [0.4, 0.5) is 0 Å². The molecule has 0 bridgehead atoms. The van der Waals surface area contributed by atoms with Crippen LogP contribution in [0.2, 0.25) is 0 Å². The minimum absolute atomic E-state index is 0.000314. The second-order valence-corrected chi connectivity index (χ2v) is 5.89. The average molecular weight is 289 g/mol. The van der Waals surface area contributed by atoms with Crippen molar-refractivity contribution in [2.75, 3.05) is 33.2 Å². The van der Waals surface area contributed by atoms with Crippen molar-refractivity contribution in [2.24, 2.45) is 0 Å². The summed E-state index contributed by atoms with van der Waals surface area (Å²) < 4.78 is 0. The number of nitrogens with one attached hydrogen (secondary N) is 1. The predicted octanol–water partition coefficient (Wildman–Crippen LogP) is 2.31. The van der Waals surface area contributed by atoms with E-state index in [1.807, 2.05) is 17.1 Å². The normalized spacial score (nSPS) is 16.9. The summed E-state index contributed by atoms with van der Waals surface area (Å²) in [7, 11) is 2.11. The minimum Gasteiger partial charge on any atom is -0.304 e. The Morgan fingerprint density at radius 1 is 1.10 bits per heavy atom. The van der Waals surface area contributed by atoms with Gasteiger partial charge in [-0.25, -0.2) is 5.01 Å². The topological polar surface area (TPSA) is 35.6 Å². The first-order valence-electron chi connectivity index (χ1n) is 8.02. The van der Waals surface area contributed by atoms with Crippen molar-refractivity contribution in [3.63, 3.8) is 0 Å². The molecule has 1 aliphatic heterocycles. The lowest BCUT2D eigenvalue weighted by Gasteiger charge is -2.32. The van der Waals surface area contributed by atoms with Crippen molar-refractivity contribution < 1.29 is 4.79 Å². The highest BCUT2D eigenvalue weighted by Crippen LogP contribution is 2.09. The Balaban J connectivity index is 1.82. The number of hydrazine groups is 1. The number of hydrogen-bond donors (Lipinski definition) is 1. The third-order valence-corrected chi connectivity index (χ3v) is 4.05. The monoisotopic (exact) mass is 289 g/mol. The van der Waals surface area contributed by atoms with Crippen LogP contribution in [0.25, 0.3) is 0 Å². The van der Waals surface area contributed by atoms with Crippen molar-refractivity contribution in [1.82, 2.24) is 15.3 Å². The van der Waals surface area contributed by atoms with Crippen LogP contribution < -0.4 is 5.43 Å². The third kappa shape index (κ3) is 5.14. The van der Waals surface area contributed by atoms with Crippen LogP contribution in [0, 0.1) is 0 Å². The molecule has 2 rings (SSSR count). The number of aryl methyl sites for hydroxylation is 1. The highest BCUT2D eigenvalue weighted by molar-refractivity contribution is 5.93. The Kier molecular flexibility index (Phi) is 6.21. The lowest BCUT2D eigenvalue weighted by molar-refractivity contribution is 0.0662. The van der Waals surface area contributed by atoms with Crippen LogP contribution in [0.1, 0.15) is 42.1 Å². The molecule has 1 aromatic carbocycles. The Labute approximate surface area is 128 Å². The Morgan fingerprint density at radius 3 is 2.38 bits per heavy atom. The SMILES string of the molecule is CCCCCc1ccc(C(=O)NN2CCN(C)CC2)cc1. The first-order valence-corrected chi connectivity index (χ1v) is 8.02. The molecule has 1 amide bonds. The quantitative estimate of drug-likeness (QED) is 0.816. The Morgan fingerprint density at radius 2 is 1.76 bits per heavy atom. The summed E-state index contributed by atoms with van der Waals surface area (Å²) in [6.45, 7) is 5.98. The molecule has 1 aromatic rings. The maximum Gasteiger partial charge on any atom is 0.265 e. The maximum atomic E-state index is 12.2. The van der Waals surface area contributed by atoms with Crippen LogP contribution in [0.3, 0.4) is 0 Å². The molecule has 0 unspecified atom stereocenters. The third-order valence-electron chi connectivity index (χ3n) is 4.05. The molecule has 0 radical (unpaired) electrons. The van der Waals surface area contributed by atoms with Gasteiger partial charge in [0.05, 0.1) is 0 Å². The first-order chi connectivity index (χ1) is 10.2. The molecule has 1 fully saturated rings. The van der Waals surface area contributed by atoms with Crippen LogP contribution >= 0.6 is 0 Å². The van der Waals surface area contributed by atoms with E-state index in [1.54, 1.807) is 0 Å². The maximum absolute atomic E-state index is 12.2. The van der Waals surface area contributed by atoms with E-state index in [-0.39, 0.29) is 5.91 Å². The van der Waals surface area contributed by atoms with Gasteiger partial charge in [-0.05, 0) is 37.6 Å². The molecule has 0 atom stereocenters. The molecule has 4 nitrogen and oxygen atoms in total. The van der Waals surface area contributed by atoms with Gasteiger partial charge >= 0.3 is 0 Å². The number of piperazine rings is 1. The summed E-state index contributed by atoms with van der Waals surface area (Å²) in [5, 5.41) is 2.01. The van der Waals surface area contributed by atoms with E-state index in [9.17, 15) is 4.79 Å². The summed E-state index contributed by atoms with van der Waals surface area (Å²) in [6.07, 6.45) is 4.84. The number of amides is 1. The number of rotatable bonds is 6. The Bertz CT molecular complexity index is 436. The fraction of sp³-hybridized carbons (Fsp3) is 0.588. The van der Waals surface area contributed by atoms with Gasteiger partial charge in [-0.3, -0.25) is 10.2 Å². The molecule has 116 valence electrons. The molecule has 4 heteroatoms. The summed E-state index contributed by atoms with van der Waals surface area (Å²) in [5.74, 6) is -0.000314. The smallest absolute Gasteiger partial charge is 0.265 e. The molecule has 1 saturated heterocycles. The summed E-state index contributed by atoms with van der Waals surface area (Å²) >= 11 is 0. The van der Waals surface area contributed by atoms with Crippen molar-refractivity contribution >= 4 is 5.91 Å². The van der Waals surface area contributed by atoms with Gasteiger partial charge in [0.1, 0.15) is 0 Å². The number of hydrogen-bond acceptors (Lipinski definition) is 3. The molecule has 1 heterocycles. The molecule has 1 aliphatic rings. The van der Waals surface area contributed by atoms with Crippen LogP contribution in [0.5, 0.6) is 0 Å². The van der Waals surface area contributed by atoms with Crippen LogP contribution in [0.15, 0.2) is 24.3 Å². The van der Waals surface area contributed by atoms with Gasteiger partial charge in [0, 0.05) is 31.7 Å². The summed E-state index contributed by atoms with van der Waals surface area (Å²) in [5.41, 5.74) is 5.06. The average Bonchev–Trinajstić information content (AvgIpc) is 2.50. The molecule has 0 saturated carbocycles. The lowest BCUT2D eigenvalue weighted by atomic mass is 10.1. The van der Waals surface area contributed by atoms with E-state index in [2.05, 4.69) is 36.4 Å². The van der Waals surface area contributed by atoms with E-state index in [1.165, 1.54) is 24.8 Å². The van der Waals surface area contributed by atoms with E-state index < -0.39 is 0 Å². The van der Waals surface area contributed by atoms with Gasteiger partial charge in [0.2, 0.25) is 0 Å². The number of nitrogens with zero attached hydrogens (tertiary/aromatic N) is 2.